The van der Waals surface area contributed by atoms with Gasteiger partial charge < -0.3 is 10.2 Å². The maximum absolute atomic E-state index is 13.4. The van der Waals surface area contributed by atoms with Crippen molar-refractivity contribution in [2.45, 2.75) is 50.6 Å². The van der Waals surface area contributed by atoms with Crippen molar-refractivity contribution in [3.05, 3.63) is 60.2 Å². The summed E-state index contributed by atoms with van der Waals surface area (Å²) in [7, 11) is -3.24. The first-order valence-electron chi connectivity index (χ1n) is 11.7. The molecule has 2 aromatic carbocycles. The molecule has 0 aromatic heterocycles. The van der Waals surface area contributed by atoms with Crippen LogP contribution in [-0.2, 0) is 14.8 Å². The van der Waals surface area contributed by atoms with E-state index in [4.69, 9.17) is 0 Å². The van der Waals surface area contributed by atoms with Crippen LogP contribution in [0, 0.1) is 5.92 Å². The number of rotatable bonds is 4. The number of anilines is 2. The Morgan fingerprint density at radius 3 is 2.33 bits per heavy atom. The van der Waals surface area contributed by atoms with Crippen LogP contribution in [0.15, 0.2) is 54.6 Å². The molecule has 174 valence electrons. The van der Waals surface area contributed by atoms with Gasteiger partial charge >= 0.3 is 0 Å². The molecule has 3 unspecified atom stereocenters. The van der Waals surface area contributed by atoms with E-state index in [-0.39, 0.29) is 23.6 Å². The Morgan fingerprint density at radius 1 is 0.909 bits per heavy atom. The molecule has 3 fully saturated rings. The Bertz CT molecular complexity index is 1130. The minimum atomic E-state index is -3.24. The lowest BCUT2D eigenvalue weighted by molar-refractivity contribution is -0.120. The van der Waals surface area contributed by atoms with Crippen molar-refractivity contribution in [3.8, 4) is 0 Å². The molecule has 2 saturated heterocycles. The number of nitrogens with zero attached hydrogens (tertiary/aromatic N) is 2. The summed E-state index contributed by atoms with van der Waals surface area (Å²) in [6.07, 6.45) is 5.51. The highest BCUT2D eigenvalue weighted by Gasteiger charge is 2.47. The summed E-state index contributed by atoms with van der Waals surface area (Å²) in [6, 6.07) is 15.7. The van der Waals surface area contributed by atoms with E-state index >= 15 is 0 Å². The number of hydrogen-bond acceptors (Lipinski definition) is 4. The standard InChI is InChI=1S/C25H29N3O4S/c29-24(26-20-11-13-21(14-12-20)27-15-6-16-33(27,31)32)23-17-19-9-4-5-10-22(19)28(23)25(30)18-7-2-1-3-8-18/h1-3,7-8,11-14,19,22-23H,4-6,9-10,15-17H2,(H,26,29). The third kappa shape index (κ3) is 4.24. The van der Waals surface area contributed by atoms with Crippen molar-refractivity contribution in [3.63, 3.8) is 0 Å². The number of carbonyl (C=O) groups is 2. The molecule has 2 amide bonds. The van der Waals surface area contributed by atoms with E-state index in [9.17, 15) is 18.0 Å². The van der Waals surface area contributed by atoms with Gasteiger partial charge in [0.15, 0.2) is 0 Å². The van der Waals surface area contributed by atoms with Crippen LogP contribution in [0.2, 0.25) is 0 Å². The predicted octanol–water partition coefficient (Wildman–Crippen LogP) is 3.64. The second-order valence-electron chi connectivity index (χ2n) is 9.22. The third-order valence-corrected chi connectivity index (χ3v) is 9.04. The van der Waals surface area contributed by atoms with Gasteiger partial charge in [-0.25, -0.2) is 8.42 Å². The van der Waals surface area contributed by atoms with Gasteiger partial charge in [0.25, 0.3) is 5.91 Å². The molecule has 0 spiro atoms. The Morgan fingerprint density at radius 2 is 1.64 bits per heavy atom. The number of carbonyl (C=O) groups excluding carboxylic acids is 2. The Hall–Kier alpha value is -2.87. The molecule has 33 heavy (non-hydrogen) atoms. The van der Waals surface area contributed by atoms with E-state index in [0.29, 0.717) is 42.2 Å². The maximum atomic E-state index is 13.4. The Labute approximate surface area is 194 Å². The van der Waals surface area contributed by atoms with Gasteiger partial charge in [0.2, 0.25) is 15.9 Å². The molecule has 5 rings (SSSR count). The Balaban J connectivity index is 1.34. The van der Waals surface area contributed by atoms with Gasteiger partial charge in [-0.05, 0) is 68.0 Å². The van der Waals surface area contributed by atoms with Gasteiger partial charge in [0.05, 0.1) is 11.4 Å². The molecule has 0 radical (unpaired) electrons. The smallest absolute Gasteiger partial charge is 0.254 e. The van der Waals surface area contributed by atoms with Crippen molar-refractivity contribution in [1.82, 2.24) is 4.90 Å². The Kier molecular flexibility index (Phi) is 5.86. The molecule has 8 heteroatoms. The molecule has 1 N–H and O–H groups in total. The number of hydrogen-bond donors (Lipinski definition) is 1. The number of amides is 2. The number of benzene rings is 2. The first-order valence-corrected chi connectivity index (χ1v) is 13.3. The van der Waals surface area contributed by atoms with Crippen molar-refractivity contribution in [2.75, 3.05) is 21.9 Å². The van der Waals surface area contributed by atoms with Gasteiger partial charge in [0.1, 0.15) is 6.04 Å². The number of likely N-dealkylation sites (tertiary alicyclic amines) is 1. The lowest BCUT2D eigenvalue weighted by atomic mass is 9.84. The molecule has 0 bridgehead atoms. The molecule has 3 atom stereocenters. The van der Waals surface area contributed by atoms with E-state index in [1.54, 1.807) is 36.4 Å². The van der Waals surface area contributed by atoms with Gasteiger partial charge in [-0.15, -0.1) is 0 Å². The summed E-state index contributed by atoms with van der Waals surface area (Å²) in [5.41, 5.74) is 1.82. The minimum Gasteiger partial charge on any atom is -0.324 e. The van der Waals surface area contributed by atoms with Crippen LogP contribution in [0.4, 0.5) is 11.4 Å². The molecule has 3 aliphatic rings. The summed E-state index contributed by atoms with van der Waals surface area (Å²) in [5.74, 6) is 0.251. The van der Waals surface area contributed by atoms with E-state index in [1.807, 2.05) is 23.1 Å². The van der Waals surface area contributed by atoms with Crippen molar-refractivity contribution < 1.29 is 18.0 Å². The quantitative estimate of drug-likeness (QED) is 0.744. The van der Waals surface area contributed by atoms with E-state index in [0.717, 1.165) is 25.7 Å². The highest BCUT2D eigenvalue weighted by molar-refractivity contribution is 7.93. The highest BCUT2D eigenvalue weighted by Crippen LogP contribution is 2.41. The fourth-order valence-electron chi connectivity index (χ4n) is 5.58. The summed E-state index contributed by atoms with van der Waals surface area (Å²) in [4.78, 5) is 28.6. The fourth-order valence-corrected chi connectivity index (χ4v) is 7.15. The molecule has 7 nitrogen and oxygen atoms in total. The maximum Gasteiger partial charge on any atom is 0.254 e. The zero-order chi connectivity index (χ0) is 23.0. The van der Waals surface area contributed by atoms with Crippen LogP contribution in [0.1, 0.15) is 48.9 Å². The predicted molar refractivity (Wildman–Crippen MR) is 128 cm³/mol. The van der Waals surface area contributed by atoms with Crippen molar-refractivity contribution >= 4 is 33.2 Å². The first-order chi connectivity index (χ1) is 15.9. The average molecular weight is 468 g/mol. The average Bonchev–Trinajstić information content (AvgIpc) is 3.39. The molecule has 1 aliphatic carbocycles. The van der Waals surface area contributed by atoms with Crippen LogP contribution in [0.5, 0.6) is 0 Å². The summed E-state index contributed by atoms with van der Waals surface area (Å²) in [6.45, 7) is 0.482. The second-order valence-corrected chi connectivity index (χ2v) is 11.2. The summed E-state index contributed by atoms with van der Waals surface area (Å²) in [5, 5.41) is 2.97. The second kappa shape index (κ2) is 8.82. The molecular weight excluding hydrogens is 438 g/mol. The summed E-state index contributed by atoms with van der Waals surface area (Å²) >= 11 is 0. The normalized spacial score (nSPS) is 26.1. The first kappa shape index (κ1) is 21.9. The molecular formula is C25H29N3O4S. The van der Waals surface area contributed by atoms with Crippen LogP contribution in [0.3, 0.4) is 0 Å². The number of fused-ring (bicyclic) bond motifs is 1. The monoisotopic (exact) mass is 467 g/mol. The van der Waals surface area contributed by atoms with Gasteiger partial charge in [-0.3, -0.25) is 13.9 Å². The van der Waals surface area contributed by atoms with Crippen molar-refractivity contribution in [1.29, 1.82) is 0 Å². The molecule has 1 saturated carbocycles. The van der Waals surface area contributed by atoms with Crippen LogP contribution >= 0.6 is 0 Å². The number of nitrogens with one attached hydrogen (secondary N) is 1. The van der Waals surface area contributed by atoms with Gasteiger partial charge in [-0.2, -0.15) is 0 Å². The lowest BCUT2D eigenvalue weighted by Gasteiger charge is -2.33. The summed E-state index contributed by atoms with van der Waals surface area (Å²) < 4.78 is 25.7. The highest BCUT2D eigenvalue weighted by atomic mass is 32.2. The molecule has 2 aliphatic heterocycles. The lowest BCUT2D eigenvalue weighted by Crippen LogP contribution is -2.47. The third-order valence-electron chi connectivity index (χ3n) is 7.17. The van der Waals surface area contributed by atoms with E-state index < -0.39 is 16.1 Å². The minimum absolute atomic E-state index is 0.0836. The van der Waals surface area contributed by atoms with Crippen LogP contribution < -0.4 is 9.62 Å². The van der Waals surface area contributed by atoms with Gasteiger partial charge in [0, 0.05) is 23.8 Å². The SMILES string of the molecule is O=C(Nc1ccc(N2CCCS2(=O)=O)cc1)C1CC2CCCCC2N1C(=O)c1ccccc1. The van der Waals surface area contributed by atoms with E-state index in [1.165, 1.54) is 4.31 Å². The van der Waals surface area contributed by atoms with E-state index in [2.05, 4.69) is 5.32 Å². The van der Waals surface area contributed by atoms with Gasteiger partial charge in [-0.1, -0.05) is 31.0 Å². The fraction of sp³-hybridized carbons (Fsp3) is 0.440. The van der Waals surface area contributed by atoms with Crippen LogP contribution in [-0.4, -0.2) is 49.5 Å². The zero-order valence-corrected chi connectivity index (χ0v) is 19.3. The van der Waals surface area contributed by atoms with Crippen LogP contribution in [0.25, 0.3) is 0 Å². The zero-order valence-electron chi connectivity index (χ0n) is 18.5. The largest absolute Gasteiger partial charge is 0.324 e. The molecule has 2 aromatic rings. The molecule has 2 heterocycles. The topological polar surface area (TPSA) is 86.8 Å². The number of sulfonamides is 1. The van der Waals surface area contributed by atoms with Crippen molar-refractivity contribution in [2.24, 2.45) is 5.92 Å².